The normalized spacial score (nSPS) is 11.1. The second-order valence-electron chi connectivity index (χ2n) is 5.49. The van der Waals surface area contributed by atoms with Crippen molar-refractivity contribution in [2.24, 2.45) is 5.92 Å². The van der Waals surface area contributed by atoms with Crippen molar-refractivity contribution in [2.45, 2.75) is 26.9 Å². The van der Waals surface area contributed by atoms with Gasteiger partial charge in [-0.15, -0.1) is 0 Å². The van der Waals surface area contributed by atoms with Crippen molar-refractivity contribution in [3.8, 4) is 5.75 Å². The maximum Gasteiger partial charge on any atom is 0.119 e. The molecule has 0 saturated heterocycles. The highest BCUT2D eigenvalue weighted by Gasteiger charge is 2.05. The van der Waals surface area contributed by atoms with Crippen LogP contribution < -0.4 is 10.1 Å². The Balaban J connectivity index is 1.99. The molecule has 2 aromatic rings. The van der Waals surface area contributed by atoms with Crippen LogP contribution in [0.2, 0.25) is 0 Å². The van der Waals surface area contributed by atoms with Crippen molar-refractivity contribution in [1.82, 2.24) is 15.1 Å². The van der Waals surface area contributed by atoms with Crippen molar-refractivity contribution in [3.05, 3.63) is 46.2 Å². The fourth-order valence-electron chi connectivity index (χ4n) is 2.05. The topological polar surface area (TPSA) is 39.1 Å². The molecule has 1 aromatic carbocycles. The second kappa shape index (κ2) is 7.61. The van der Waals surface area contributed by atoms with Gasteiger partial charge in [-0.1, -0.05) is 29.8 Å². The highest BCUT2D eigenvalue weighted by molar-refractivity contribution is 9.10. The molecular weight excluding hydrogens is 330 g/mol. The molecule has 0 amide bonds. The van der Waals surface area contributed by atoms with Gasteiger partial charge in [-0.2, -0.15) is 5.10 Å². The predicted octanol–water partition coefficient (Wildman–Crippen LogP) is 3.45. The van der Waals surface area contributed by atoms with E-state index in [1.165, 1.54) is 0 Å². The molecule has 2 rings (SSSR count). The average molecular weight is 352 g/mol. The first-order chi connectivity index (χ1) is 10.1. The van der Waals surface area contributed by atoms with Crippen LogP contribution in [0.15, 0.2) is 34.9 Å². The summed E-state index contributed by atoms with van der Waals surface area (Å²) in [4.78, 5) is 0. The molecule has 1 heterocycles. The van der Waals surface area contributed by atoms with E-state index in [0.717, 1.165) is 41.1 Å². The maximum atomic E-state index is 5.27. The minimum Gasteiger partial charge on any atom is -0.497 e. The summed E-state index contributed by atoms with van der Waals surface area (Å²) in [6, 6.07) is 8.03. The lowest BCUT2D eigenvalue weighted by Crippen LogP contribution is -2.19. The third kappa shape index (κ3) is 4.86. The molecule has 0 bridgehead atoms. The molecule has 114 valence electrons. The van der Waals surface area contributed by atoms with Gasteiger partial charge in [0, 0.05) is 17.2 Å². The van der Waals surface area contributed by atoms with E-state index < -0.39 is 0 Å². The van der Waals surface area contributed by atoms with E-state index in [1.54, 1.807) is 7.11 Å². The molecule has 5 heteroatoms. The number of nitrogens with zero attached hydrogens (tertiary/aromatic N) is 2. The summed E-state index contributed by atoms with van der Waals surface area (Å²) >= 11 is 3.57. The fourth-order valence-corrected chi connectivity index (χ4v) is 2.42. The number of rotatable bonds is 7. The molecule has 0 aliphatic heterocycles. The van der Waals surface area contributed by atoms with Crippen LogP contribution in [-0.2, 0) is 13.1 Å². The number of halogens is 1. The van der Waals surface area contributed by atoms with Crippen LogP contribution in [0, 0.1) is 5.92 Å². The summed E-state index contributed by atoms with van der Waals surface area (Å²) in [7, 11) is 1.68. The van der Waals surface area contributed by atoms with Crippen molar-refractivity contribution < 1.29 is 4.74 Å². The van der Waals surface area contributed by atoms with Crippen molar-refractivity contribution in [3.63, 3.8) is 0 Å². The highest BCUT2D eigenvalue weighted by Crippen LogP contribution is 2.23. The fraction of sp³-hybridized carbons (Fsp3) is 0.438. The SMILES string of the molecule is COc1ccc(Br)c(Cn2ccc(CNCC(C)C)n2)c1. The molecule has 0 saturated carbocycles. The molecule has 0 radical (unpaired) electrons. The van der Waals surface area contributed by atoms with Crippen molar-refractivity contribution >= 4 is 15.9 Å². The average Bonchev–Trinajstić information content (AvgIpc) is 2.88. The third-order valence-corrected chi connectivity index (χ3v) is 3.91. The van der Waals surface area contributed by atoms with Gasteiger partial charge >= 0.3 is 0 Å². The van der Waals surface area contributed by atoms with E-state index in [1.807, 2.05) is 29.1 Å². The molecule has 0 fully saturated rings. The van der Waals surface area contributed by atoms with Crippen LogP contribution in [0.5, 0.6) is 5.75 Å². The van der Waals surface area contributed by atoms with E-state index in [2.05, 4.69) is 46.3 Å². The Kier molecular flexibility index (Phi) is 5.82. The summed E-state index contributed by atoms with van der Waals surface area (Å²) in [5.74, 6) is 1.51. The zero-order valence-electron chi connectivity index (χ0n) is 12.8. The minimum atomic E-state index is 0.653. The van der Waals surface area contributed by atoms with E-state index in [9.17, 15) is 0 Å². The summed E-state index contributed by atoms with van der Waals surface area (Å²) in [5, 5.41) is 7.99. The lowest BCUT2D eigenvalue weighted by atomic mass is 10.2. The largest absolute Gasteiger partial charge is 0.497 e. The monoisotopic (exact) mass is 351 g/mol. The third-order valence-electron chi connectivity index (χ3n) is 3.14. The molecule has 4 nitrogen and oxygen atoms in total. The summed E-state index contributed by atoms with van der Waals surface area (Å²) in [6.45, 7) is 6.94. The lowest BCUT2D eigenvalue weighted by molar-refractivity contribution is 0.414. The van der Waals surface area contributed by atoms with E-state index in [-0.39, 0.29) is 0 Å². The van der Waals surface area contributed by atoms with Crippen LogP contribution in [0.1, 0.15) is 25.1 Å². The zero-order valence-corrected chi connectivity index (χ0v) is 14.4. The Morgan fingerprint density at radius 1 is 1.33 bits per heavy atom. The molecule has 0 atom stereocenters. The van der Waals surface area contributed by atoms with Gasteiger partial charge in [-0.3, -0.25) is 4.68 Å². The molecule has 0 spiro atoms. The van der Waals surface area contributed by atoms with Crippen LogP contribution >= 0.6 is 15.9 Å². The first-order valence-corrected chi connectivity index (χ1v) is 7.93. The quantitative estimate of drug-likeness (QED) is 0.830. The maximum absolute atomic E-state index is 5.27. The number of hydrogen-bond donors (Lipinski definition) is 1. The van der Waals surface area contributed by atoms with Gasteiger partial charge in [0.1, 0.15) is 5.75 Å². The lowest BCUT2D eigenvalue weighted by Gasteiger charge is -2.08. The number of benzene rings is 1. The molecular formula is C16H22BrN3O. The van der Waals surface area contributed by atoms with E-state index >= 15 is 0 Å². The van der Waals surface area contributed by atoms with Crippen LogP contribution in [0.25, 0.3) is 0 Å². The standard InChI is InChI=1S/C16H22BrN3O/c1-12(2)9-18-10-14-6-7-20(19-14)11-13-8-15(21-3)4-5-16(13)17/h4-8,12,18H,9-11H2,1-3H3. The zero-order chi connectivity index (χ0) is 15.2. The number of aromatic nitrogens is 2. The van der Waals surface area contributed by atoms with Gasteiger partial charge in [0.25, 0.3) is 0 Å². The molecule has 1 aromatic heterocycles. The Labute approximate surface area is 134 Å². The second-order valence-corrected chi connectivity index (χ2v) is 6.34. The van der Waals surface area contributed by atoms with Crippen molar-refractivity contribution in [2.75, 3.05) is 13.7 Å². The molecule has 0 unspecified atom stereocenters. The van der Waals surface area contributed by atoms with Gasteiger partial charge in [0.05, 0.1) is 19.3 Å². The van der Waals surface area contributed by atoms with E-state index in [4.69, 9.17) is 4.74 Å². The molecule has 1 N–H and O–H groups in total. The van der Waals surface area contributed by atoms with Gasteiger partial charge in [-0.25, -0.2) is 0 Å². The highest BCUT2D eigenvalue weighted by atomic mass is 79.9. The number of nitrogens with one attached hydrogen (secondary N) is 1. The van der Waals surface area contributed by atoms with Crippen LogP contribution in [-0.4, -0.2) is 23.4 Å². The van der Waals surface area contributed by atoms with Gasteiger partial charge in [0.15, 0.2) is 0 Å². The van der Waals surface area contributed by atoms with E-state index in [0.29, 0.717) is 5.92 Å². The molecule has 21 heavy (non-hydrogen) atoms. The van der Waals surface area contributed by atoms with Gasteiger partial charge < -0.3 is 10.1 Å². The number of ether oxygens (including phenoxy) is 1. The van der Waals surface area contributed by atoms with Crippen LogP contribution in [0.4, 0.5) is 0 Å². The smallest absolute Gasteiger partial charge is 0.119 e. The van der Waals surface area contributed by atoms with Gasteiger partial charge in [-0.05, 0) is 42.3 Å². The Hall–Kier alpha value is -1.33. The first kappa shape index (κ1) is 16.0. The summed E-state index contributed by atoms with van der Waals surface area (Å²) < 4.78 is 8.29. The molecule has 0 aliphatic carbocycles. The van der Waals surface area contributed by atoms with Crippen molar-refractivity contribution in [1.29, 1.82) is 0 Å². The Bertz CT molecular complexity index is 581. The molecule has 0 aliphatic rings. The minimum absolute atomic E-state index is 0.653. The Morgan fingerprint density at radius 3 is 2.86 bits per heavy atom. The van der Waals surface area contributed by atoms with Gasteiger partial charge in [0.2, 0.25) is 0 Å². The number of methoxy groups -OCH3 is 1. The Morgan fingerprint density at radius 2 is 2.14 bits per heavy atom. The van der Waals surface area contributed by atoms with Crippen LogP contribution in [0.3, 0.4) is 0 Å². The summed E-state index contributed by atoms with van der Waals surface area (Å²) in [5.41, 5.74) is 2.22. The summed E-state index contributed by atoms with van der Waals surface area (Å²) in [6.07, 6.45) is 2.01. The predicted molar refractivity (Wildman–Crippen MR) is 88.6 cm³/mol. The first-order valence-electron chi connectivity index (χ1n) is 7.14. The number of hydrogen-bond acceptors (Lipinski definition) is 3.